The fraction of sp³-hybridized carbons (Fsp3) is 1.00. The van der Waals surface area contributed by atoms with Crippen molar-refractivity contribution >= 4 is 0 Å². The van der Waals surface area contributed by atoms with Gasteiger partial charge in [0, 0.05) is 13.1 Å². The molecule has 0 aromatic rings. The average molecular weight is 171 g/mol. The Morgan fingerprint density at radius 3 is 2.50 bits per heavy atom. The molecule has 1 aliphatic rings. The monoisotopic (exact) mass is 171 g/mol. The topological polar surface area (TPSA) is 12.5 Å². The lowest BCUT2D eigenvalue weighted by Crippen LogP contribution is -2.36. The number of ether oxygens (including phenoxy) is 1. The Kier molecular flexibility index (Phi) is 4.62. The molecule has 0 N–H and O–H groups in total. The van der Waals surface area contributed by atoms with Gasteiger partial charge in [-0.25, -0.2) is 0 Å². The molecule has 1 saturated heterocycles. The van der Waals surface area contributed by atoms with E-state index >= 15 is 0 Å². The van der Waals surface area contributed by atoms with Crippen molar-refractivity contribution in [1.29, 1.82) is 0 Å². The fourth-order valence-corrected chi connectivity index (χ4v) is 1.55. The zero-order valence-corrected chi connectivity index (χ0v) is 8.38. The van der Waals surface area contributed by atoms with E-state index < -0.39 is 0 Å². The van der Waals surface area contributed by atoms with Crippen LogP contribution in [0.2, 0.25) is 0 Å². The van der Waals surface area contributed by atoms with Gasteiger partial charge in [-0.2, -0.15) is 0 Å². The minimum atomic E-state index is 0.853. The summed E-state index contributed by atoms with van der Waals surface area (Å²) >= 11 is 0. The highest BCUT2D eigenvalue weighted by molar-refractivity contribution is 4.61. The van der Waals surface area contributed by atoms with Crippen LogP contribution < -0.4 is 0 Å². The zero-order valence-electron chi connectivity index (χ0n) is 8.38. The first-order valence-corrected chi connectivity index (χ1v) is 5.09. The summed E-state index contributed by atoms with van der Waals surface area (Å²) < 4.78 is 5.29. The Bertz CT molecular complexity index is 108. The molecule has 0 bridgehead atoms. The van der Waals surface area contributed by atoms with Crippen LogP contribution in [-0.2, 0) is 4.74 Å². The summed E-state index contributed by atoms with van der Waals surface area (Å²) in [6, 6.07) is 0. The molecular weight excluding hydrogens is 150 g/mol. The summed E-state index contributed by atoms with van der Waals surface area (Å²) in [6.45, 7) is 9.99. The number of rotatable bonds is 4. The normalized spacial score (nSPS) is 20.2. The third-order valence-electron chi connectivity index (χ3n) is 2.36. The van der Waals surface area contributed by atoms with E-state index in [-0.39, 0.29) is 0 Å². The first-order chi connectivity index (χ1) is 5.79. The first-order valence-electron chi connectivity index (χ1n) is 5.09. The molecule has 2 heteroatoms. The molecule has 72 valence electrons. The highest BCUT2D eigenvalue weighted by atomic mass is 16.5. The summed E-state index contributed by atoms with van der Waals surface area (Å²) in [5.41, 5.74) is 0. The fourth-order valence-electron chi connectivity index (χ4n) is 1.55. The van der Waals surface area contributed by atoms with Crippen molar-refractivity contribution in [2.75, 3.05) is 32.8 Å². The van der Waals surface area contributed by atoms with Gasteiger partial charge in [-0.3, -0.25) is 4.90 Å². The molecule has 2 nitrogen and oxygen atoms in total. The van der Waals surface area contributed by atoms with Gasteiger partial charge >= 0.3 is 0 Å². The third-order valence-corrected chi connectivity index (χ3v) is 2.36. The van der Waals surface area contributed by atoms with E-state index in [0.717, 1.165) is 32.2 Å². The molecule has 0 spiro atoms. The minimum Gasteiger partial charge on any atom is -0.379 e. The predicted octanol–water partition coefficient (Wildman–Crippen LogP) is 1.75. The highest BCUT2D eigenvalue weighted by Crippen LogP contribution is 2.05. The molecule has 0 aromatic carbocycles. The quantitative estimate of drug-likeness (QED) is 0.639. The summed E-state index contributed by atoms with van der Waals surface area (Å²) in [7, 11) is 0. The van der Waals surface area contributed by atoms with Crippen LogP contribution in [0.5, 0.6) is 0 Å². The summed E-state index contributed by atoms with van der Waals surface area (Å²) in [5.74, 6) is 0.853. The van der Waals surface area contributed by atoms with Crippen LogP contribution in [0.3, 0.4) is 0 Å². The van der Waals surface area contributed by atoms with E-state index in [1.54, 1.807) is 0 Å². The Hall–Kier alpha value is -0.0800. The molecule has 0 atom stereocenters. The maximum absolute atomic E-state index is 5.29. The minimum absolute atomic E-state index is 0.853. The number of hydrogen-bond acceptors (Lipinski definition) is 2. The Morgan fingerprint density at radius 2 is 1.92 bits per heavy atom. The molecule has 0 amide bonds. The van der Waals surface area contributed by atoms with Crippen LogP contribution in [0.15, 0.2) is 0 Å². The Morgan fingerprint density at radius 1 is 1.25 bits per heavy atom. The highest BCUT2D eigenvalue weighted by Gasteiger charge is 2.09. The first kappa shape index (κ1) is 10.0. The molecule has 1 heterocycles. The van der Waals surface area contributed by atoms with Gasteiger partial charge in [-0.15, -0.1) is 0 Å². The molecule has 1 fully saturated rings. The zero-order chi connectivity index (χ0) is 8.81. The summed E-state index contributed by atoms with van der Waals surface area (Å²) in [4.78, 5) is 2.51. The van der Waals surface area contributed by atoms with Crippen molar-refractivity contribution in [3.05, 3.63) is 0 Å². The molecule has 0 aromatic heterocycles. The van der Waals surface area contributed by atoms with Crippen molar-refractivity contribution in [2.45, 2.75) is 26.7 Å². The molecule has 1 rings (SSSR count). The van der Waals surface area contributed by atoms with Gasteiger partial charge in [0.05, 0.1) is 13.2 Å². The molecule has 0 saturated carbocycles. The number of hydrogen-bond donors (Lipinski definition) is 0. The van der Waals surface area contributed by atoms with Crippen LogP contribution >= 0.6 is 0 Å². The van der Waals surface area contributed by atoms with Crippen molar-refractivity contribution in [1.82, 2.24) is 4.90 Å². The van der Waals surface area contributed by atoms with Crippen molar-refractivity contribution in [3.8, 4) is 0 Å². The van der Waals surface area contributed by atoms with E-state index in [1.807, 2.05) is 0 Å². The SMILES string of the molecule is CC(C)CCCN1CCOCC1. The van der Waals surface area contributed by atoms with Gasteiger partial charge < -0.3 is 4.74 Å². The Labute approximate surface area is 75.9 Å². The van der Waals surface area contributed by atoms with Crippen LogP contribution in [0, 0.1) is 5.92 Å². The van der Waals surface area contributed by atoms with Gasteiger partial charge in [0.1, 0.15) is 0 Å². The summed E-state index contributed by atoms with van der Waals surface area (Å²) in [5, 5.41) is 0. The summed E-state index contributed by atoms with van der Waals surface area (Å²) in [6.07, 6.45) is 2.70. The largest absolute Gasteiger partial charge is 0.379 e. The second-order valence-corrected chi connectivity index (χ2v) is 3.99. The third kappa shape index (κ3) is 4.07. The van der Waals surface area contributed by atoms with E-state index in [2.05, 4.69) is 18.7 Å². The molecule has 1 aliphatic heterocycles. The lowest BCUT2D eigenvalue weighted by atomic mass is 10.1. The van der Waals surface area contributed by atoms with Crippen molar-refractivity contribution in [2.24, 2.45) is 5.92 Å². The van der Waals surface area contributed by atoms with Gasteiger partial charge in [0.15, 0.2) is 0 Å². The number of nitrogens with zero attached hydrogens (tertiary/aromatic N) is 1. The lowest BCUT2D eigenvalue weighted by molar-refractivity contribution is 0.0368. The van der Waals surface area contributed by atoms with Crippen LogP contribution in [0.25, 0.3) is 0 Å². The second-order valence-electron chi connectivity index (χ2n) is 3.99. The smallest absolute Gasteiger partial charge is 0.0594 e. The predicted molar refractivity (Wildman–Crippen MR) is 51.3 cm³/mol. The van der Waals surface area contributed by atoms with Crippen LogP contribution in [-0.4, -0.2) is 37.7 Å². The Balaban J connectivity index is 1.98. The molecule has 0 unspecified atom stereocenters. The van der Waals surface area contributed by atoms with Crippen LogP contribution in [0.4, 0.5) is 0 Å². The van der Waals surface area contributed by atoms with E-state index in [9.17, 15) is 0 Å². The van der Waals surface area contributed by atoms with E-state index in [4.69, 9.17) is 4.74 Å². The van der Waals surface area contributed by atoms with Crippen molar-refractivity contribution in [3.63, 3.8) is 0 Å². The van der Waals surface area contributed by atoms with E-state index in [1.165, 1.54) is 19.4 Å². The molecule has 0 aliphatic carbocycles. The molecule has 12 heavy (non-hydrogen) atoms. The van der Waals surface area contributed by atoms with Gasteiger partial charge in [-0.05, 0) is 25.3 Å². The van der Waals surface area contributed by atoms with E-state index in [0.29, 0.717) is 0 Å². The second kappa shape index (κ2) is 5.55. The molecular formula is C10H21NO. The lowest BCUT2D eigenvalue weighted by Gasteiger charge is -2.26. The number of morpholine rings is 1. The van der Waals surface area contributed by atoms with Crippen LogP contribution in [0.1, 0.15) is 26.7 Å². The van der Waals surface area contributed by atoms with Gasteiger partial charge in [0.25, 0.3) is 0 Å². The van der Waals surface area contributed by atoms with Gasteiger partial charge in [0.2, 0.25) is 0 Å². The maximum Gasteiger partial charge on any atom is 0.0594 e. The standard InChI is InChI=1S/C10H21NO/c1-10(2)4-3-5-11-6-8-12-9-7-11/h10H,3-9H2,1-2H3. The molecule has 0 radical (unpaired) electrons. The maximum atomic E-state index is 5.29. The van der Waals surface area contributed by atoms with Gasteiger partial charge in [-0.1, -0.05) is 13.8 Å². The van der Waals surface area contributed by atoms with Crippen molar-refractivity contribution < 1.29 is 4.74 Å². The average Bonchev–Trinajstić information content (AvgIpc) is 2.05.